The zero-order valence-corrected chi connectivity index (χ0v) is 18.8. The summed E-state index contributed by atoms with van der Waals surface area (Å²) >= 11 is 3.51. The number of aromatic nitrogens is 2. The van der Waals surface area contributed by atoms with E-state index in [1.54, 1.807) is 11.8 Å². The Labute approximate surface area is 175 Å². The van der Waals surface area contributed by atoms with Crippen LogP contribution in [0.25, 0.3) is 11.3 Å². The van der Waals surface area contributed by atoms with Gasteiger partial charge in [-0.1, -0.05) is 29.8 Å². The molecule has 0 atom stereocenters. The fourth-order valence-corrected chi connectivity index (χ4v) is 3.29. The number of ether oxygens (including phenoxy) is 1. The highest BCUT2D eigenvalue weighted by atomic mass is 79.9. The maximum Gasteiger partial charge on any atom is 0.257 e. The summed E-state index contributed by atoms with van der Waals surface area (Å²) in [4.78, 5) is 23.6. The van der Waals surface area contributed by atoms with E-state index in [4.69, 9.17) is 10.5 Å². The van der Waals surface area contributed by atoms with Crippen LogP contribution in [0.3, 0.4) is 0 Å². The van der Waals surface area contributed by atoms with Crippen molar-refractivity contribution < 1.29 is 9.53 Å². The molecule has 0 aliphatic rings. The number of amides is 1. The largest absolute Gasteiger partial charge is 0.493 e. The van der Waals surface area contributed by atoms with Gasteiger partial charge in [-0.2, -0.15) is 0 Å². The second-order valence-electron chi connectivity index (χ2n) is 7.04. The van der Waals surface area contributed by atoms with Gasteiger partial charge in [0.2, 0.25) is 5.95 Å². The Bertz CT molecular complexity index is 835. The summed E-state index contributed by atoms with van der Waals surface area (Å²) in [7, 11) is 0. The normalized spacial score (nSPS) is 11.0. The van der Waals surface area contributed by atoms with Crippen molar-refractivity contribution in [1.29, 1.82) is 0 Å². The van der Waals surface area contributed by atoms with Gasteiger partial charge in [-0.05, 0) is 51.3 Å². The first-order chi connectivity index (χ1) is 13.3. The van der Waals surface area contributed by atoms with Crippen molar-refractivity contribution >= 4 is 27.8 Å². The first-order valence-corrected chi connectivity index (χ1v) is 10.4. The number of nitrogen functional groups attached to an aromatic ring is 1. The molecule has 0 saturated carbocycles. The van der Waals surface area contributed by atoms with Gasteiger partial charge < -0.3 is 15.4 Å². The topological polar surface area (TPSA) is 81.3 Å². The molecule has 0 bridgehead atoms. The third-order valence-corrected chi connectivity index (χ3v) is 5.01. The van der Waals surface area contributed by atoms with Crippen LogP contribution in [-0.2, 0) is 0 Å². The summed E-state index contributed by atoms with van der Waals surface area (Å²) in [6.07, 6.45) is 0.936. The smallest absolute Gasteiger partial charge is 0.257 e. The summed E-state index contributed by atoms with van der Waals surface area (Å²) in [5, 5.41) is 0. The summed E-state index contributed by atoms with van der Waals surface area (Å²) in [5.41, 5.74) is 8.19. The number of nitrogens with two attached hydrogens (primary N) is 1. The maximum absolute atomic E-state index is 13.2. The van der Waals surface area contributed by atoms with Crippen LogP contribution in [0.15, 0.2) is 22.7 Å². The van der Waals surface area contributed by atoms with E-state index in [0.29, 0.717) is 48.3 Å². The number of aryl methyl sites for hydroxylation is 1. The van der Waals surface area contributed by atoms with Crippen LogP contribution < -0.4 is 10.5 Å². The van der Waals surface area contributed by atoms with Gasteiger partial charge in [0.1, 0.15) is 5.75 Å². The highest BCUT2D eigenvalue weighted by Gasteiger charge is 2.25. The van der Waals surface area contributed by atoms with Crippen LogP contribution in [0.1, 0.15) is 50.2 Å². The molecule has 1 aromatic heterocycles. The molecule has 0 aliphatic carbocycles. The van der Waals surface area contributed by atoms with Gasteiger partial charge in [0, 0.05) is 23.1 Å². The Balaban J connectivity index is 2.61. The van der Waals surface area contributed by atoms with Gasteiger partial charge in [-0.15, -0.1) is 0 Å². The fraction of sp³-hybridized carbons (Fsp3) is 0.476. The molecule has 1 amide bonds. The van der Waals surface area contributed by atoms with Crippen LogP contribution in [0.2, 0.25) is 0 Å². The van der Waals surface area contributed by atoms with Crippen LogP contribution >= 0.6 is 15.9 Å². The molecule has 2 N–H and O–H groups in total. The maximum atomic E-state index is 13.2. The van der Waals surface area contributed by atoms with E-state index in [9.17, 15) is 4.79 Å². The number of carbonyl (C=O) groups is 1. The first kappa shape index (κ1) is 22.1. The Morgan fingerprint density at radius 3 is 2.54 bits per heavy atom. The Morgan fingerprint density at radius 1 is 1.25 bits per heavy atom. The minimum Gasteiger partial charge on any atom is -0.493 e. The lowest BCUT2D eigenvalue weighted by atomic mass is 10.0. The van der Waals surface area contributed by atoms with E-state index >= 15 is 0 Å². The third-order valence-electron chi connectivity index (χ3n) is 4.52. The van der Waals surface area contributed by atoms with Gasteiger partial charge in [0.05, 0.1) is 23.6 Å². The number of hydrogen-bond donors (Lipinski definition) is 1. The van der Waals surface area contributed by atoms with Crippen LogP contribution in [0, 0.1) is 12.8 Å². The van der Waals surface area contributed by atoms with Crippen molar-refractivity contribution in [1.82, 2.24) is 14.9 Å². The predicted octanol–water partition coefficient (Wildman–Crippen LogP) is 4.70. The lowest BCUT2D eigenvalue weighted by Crippen LogP contribution is -2.32. The van der Waals surface area contributed by atoms with E-state index in [-0.39, 0.29) is 11.9 Å². The Morgan fingerprint density at radius 2 is 1.93 bits per heavy atom. The average Bonchev–Trinajstić information content (AvgIpc) is 2.62. The molecular weight excluding hydrogens is 420 g/mol. The summed E-state index contributed by atoms with van der Waals surface area (Å²) < 4.78 is 6.91. The molecular formula is C21H29BrN4O2. The minimum atomic E-state index is -0.106. The standard InChI is InChI=1S/C21H29BrN4O2/c1-6-26(7-2)20(27)18-14(5)24-21(23)25-19(18)16-12-15(22)8-9-17(16)28-11-10-13(3)4/h8-9,12-13H,6-7,10-11H2,1-5H3,(H2,23,24,25). The van der Waals surface area contributed by atoms with Crippen molar-refractivity contribution in [2.75, 3.05) is 25.4 Å². The molecule has 0 saturated heterocycles. The monoisotopic (exact) mass is 448 g/mol. The Kier molecular flexibility index (Phi) is 7.80. The van der Waals surface area contributed by atoms with Crippen LogP contribution in [-0.4, -0.2) is 40.5 Å². The molecule has 2 aromatic rings. The molecule has 7 heteroatoms. The van der Waals surface area contributed by atoms with Gasteiger partial charge in [-0.3, -0.25) is 4.79 Å². The molecule has 0 radical (unpaired) electrons. The second-order valence-corrected chi connectivity index (χ2v) is 7.96. The highest BCUT2D eigenvalue weighted by Crippen LogP contribution is 2.35. The fourth-order valence-electron chi connectivity index (χ4n) is 2.93. The molecule has 0 spiro atoms. The van der Waals surface area contributed by atoms with Gasteiger partial charge in [0.25, 0.3) is 5.91 Å². The van der Waals surface area contributed by atoms with Crippen molar-refractivity contribution in [2.45, 2.75) is 41.0 Å². The van der Waals surface area contributed by atoms with Gasteiger partial charge >= 0.3 is 0 Å². The summed E-state index contributed by atoms with van der Waals surface area (Å²) in [6.45, 7) is 11.8. The van der Waals surface area contributed by atoms with E-state index in [1.165, 1.54) is 0 Å². The minimum absolute atomic E-state index is 0.106. The van der Waals surface area contributed by atoms with Crippen molar-refractivity contribution in [3.63, 3.8) is 0 Å². The lowest BCUT2D eigenvalue weighted by Gasteiger charge is -2.22. The highest BCUT2D eigenvalue weighted by molar-refractivity contribution is 9.10. The number of rotatable bonds is 8. The number of anilines is 1. The van der Waals surface area contributed by atoms with Crippen molar-refractivity contribution in [3.05, 3.63) is 33.9 Å². The summed E-state index contributed by atoms with van der Waals surface area (Å²) in [5.74, 6) is 1.24. The number of benzene rings is 1. The zero-order valence-electron chi connectivity index (χ0n) is 17.3. The molecule has 0 fully saturated rings. The number of carbonyl (C=O) groups excluding carboxylic acids is 1. The van der Waals surface area contributed by atoms with Gasteiger partial charge in [0.15, 0.2) is 0 Å². The molecule has 0 aliphatic heterocycles. The number of halogens is 1. The van der Waals surface area contributed by atoms with Gasteiger partial charge in [-0.25, -0.2) is 9.97 Å². The van der Waals surface area contributed by atoms with E-state index < -0.39 is 0 Å². The van der Waals surface area contributed by atoms with E-state index in [0.717, 1.165) is 16.5 Å². The van der Waals surface area contributed by atoms with Crippen molar-refractivity contribution in [3.8, 4) is 17.0 Å². The quantitative estimate of drug-likeness (QED) is 0.632. The lowest BCUT2D eigenvalue weighted by molar-refractivity contribution is 0.0772. The molecule has 1 heterocycles. The van der Waals surface area contributed by atoms with Crippen LogP contribution in [0.4, 0.5) is 5.95 Å². The third kappa shape index (κ3) is 5.22. The SMILES string of the molecule is CCN(CC)C(=O)c1c(C)nc(N)nc1-c1cc(Br)ccc1OCCC(C)C. The molecule has 0 unspecified atom stereocenters. The average molecular weight is 449 g/mol. The van der Waals surface area contributed by atoms with Crippen molar-refractivity contribution in [2.24, 2.45) is 5.92 Å². The predicted molar refractivity (Wildman–Crippen MR) is 117 cm³/mol. The molecule has 152 valence electrons. The Hall–Kier alpha value is -2.15. The second kappa shape index (κ2) is 9.87. The molecule has 1 aromatic carbocycles. The van der Waals surface area contributed by atoms with Crippen LogP contribution in [0.5, 0.6) is 5.75 Å². The number of nitrogens with zero attached hydrogens (tertiary/aromatic N) is 3. The van der Waals surface area contributed by atoms with E-state index in [2.05, 4.69) is 39.7 Å². The zero-order chi connectivity index (χ0) is 20.8. The molecule has 6 nitrogen and oxygen atoms in total. The number of hydrogen-bond acceptors (Lipinski definition) is 5. The van der Waals surface area contributed by atoms with E-state index in [1.807, 2.05) is 32.0 Å². The first-order valence-electron chi connectivity index (χ1n) is 9.64. The molecule has 2 rings (SSSR count). The molecule has 28 heavy (non-hydrogen) atoms. The summed E-state index contributed by atoms with van der Waals surface area (Å²) in [6, 6.07) is 5.71.